The van der Waals surface area contributed by atoms with Crippen molar-refractivity contribution in [2.24, 2.45) is 5.73 Å². The van der Waals surface area contributed by atoms with E-state index in [4.69, 9.17) is 5.73 Å². The third-order valence-corrected chi connectivity index (χ3v) is 3.48. The van der Waals surface area contributed by atoms with Crippen LogP contribution in [-0.2, 0) is 16.1 Å². The van der Waals surface area contributed by atoms with Gasteiger partial charge < -0.3 is 5.73 Å². The van der Waals surface area contributed by atoms with Crippen molar-refractivity contribution < 1.29 is 9.00 Å². The lowest BCUT2D eigenvalue weighted by molar-refractivity contribution is -0.111. The fraction of sp³-hybridized carbons (Fsp3) is 0.0667. The first kappa shape index (κ1) is 13.2. The number of primary amides is 1. The van der Waals surface area contributed by atoms with Crippen LogP contribution in [0.2, 0.25) is 0 Å². The van der Waals surface area contributed by atoms with Crippen LogP contribution in [0.5, 0.6) is 0 Å². The summed E-state index contributed by atoms with van der Waals surface area (Å²) in [5.74, 6) is -1.07. The van der Waals surface area contributed by atoms with Crippen molar-refractivity contribution in [3.05, 3.63) is 71.8 Å². The van der Waals surface area contributed by atoms with E-state index in [1.807, 2.05) is 60.7 Å². The zero-order valence-electron chi connectivity index (χ0n) is 10.2. The van der Waals surface area contributed by atoms with Gasteiger partial charge in [-0.3, -0.25) is 4.79 Å². The molecule has 2 rings (SSSR count). The smallest absolute Gasteiger partial charge is 0.258 e. The van der Waals surface area contributed by atoms with Crippen LogP contribution in [0.4, 0.5) is 0 Å². The van der Waals surface area contributed by atoms with Gasteiger partial charge in [-0.05, 0) is 11.1 Å². The molecule has 0 aliphatic carbocycles. The topological polar surface area (TPSA) is 60.2 Å². The molecular formula is C15H13NO2S. The molecule has 0 radical (unpaired) electrons. The Morgan fingerprint density at radius 3 is 1.63 bits per heavy atom. The van der Waals surface area contributed by atoms with Crippen molar-refractivity contribution in [3.63, 3.8) is 0 Å². The van der Waals surface area contributed by atoms with E-state index in [0.29, 0.717) is 0 Å². The Hall–Kier alpha value is -2.20. The summed E-state index contributed by atoms with van der Waals surface area (Å²) in [7, 11) is 0. The van der Waals surface area contributed by atoms with E-state index < -0.39 is 11.8 Å². The molecule has 0 fully saturated rings. The highest BCUT2D eigenvalue weighted by Gasteiger charge is 2.24. The third-order valence-electron chi connectivity index (χ3n) is 2.86. The zero-order chi connectivity index (χ0) is 13.7. The van der Waals surface area contributed by atoms with Crippen molar-refractivity contribution in [2.45, 2.75) is 5.92 Å². The first-order valence-electron chi connectivity index (χ1n) is 5.80. The van der Waals surface area contributed by atoms with Gasteiger partial charge in [-0.15, -0.1) is 0 Å². The lowest BCUT2D eigenvalue weighted by atomic mass is 9.88. The summed E-state index contributed by atoms with van der Waals surface area (Å²) in [5.41, 5.74) is 7.09. The normalized spacial score (nSPS) is 10.2. The Morgan fingerprint density at radius 1 is 0.895 bits per heavy atom. The number of hydrogen-bond donors (Lipinski definition) is 1. The lowest BCUT2D eigenvalue weighted by Crippen LogP contribution is -2.29. The number of carbonyl (C=O) groups excluding carboxylic acids is 1. The molecule has 0 bridgehead atoms. The molecule has 0 heterocycles. The second kappa shape index (κ2) is 6.11. The first-order valence-corrected chi connectivity index (χ1v) is 6.54. The molecule has 0 atom stereocenters. The van der Waals surface area contributed by atoms with Crippen LogP contribution in [-0.4, -0.2) is 15.0 Å². The summed E-state index contributed by atoms with van der Waals surface area (Å²) in [6.45, 7) is 0. The van der Waals surface area contributed by atoms with Crippen LogP contribution in [0.1, 0.15) is 17.0 Å². The van der Waals surface area contributed by atoms with Crippen LogP contribution in [0.25, 0.3) is 0 Å². The van der Waals surface area contributed by atoms with E-state index in [1.54, 1.807) is 0 Å². The highest BCUT2D eigenvalue weighted by Crippen LogP contribution is 2.25. The van der Waals surface area contributed by atoms with Gasteiger partial charge >= 0.3 is 0 Å². The molecule has 19 heavy (non-hydrogen) atoms. The van der Waals surface area contributed by atoms with Gasteiger partial charge in [0.1, 0.15) is 4.86 Å². The summed E-state index contributed by atoms with van der Waals surface area (Å²) in [5, 5.41) is 0. The summed E-state index contributed by atoms with van der Waals surface area (Å²) in [6.07, 6.45) is 0. The number of amides is 1. The van der Waals surface area contributed by atoms with Gasteiger partial charge in [0.05, 0.1) is 17.2 Å². The SMILES string of the molecule is NC(=O)C(=S=O)C(c1ccccc1)c1ccccc1. The Balaban J connectivity index is 2.58. The second-order valence-corrected chi connectivity index (χ2v) is 4.67. The zero-order valence-corrected chi connectivity index (χ0v) is 11.0. The second-order valence-electron chi connectivity index (χ2n) is 4.07. The van der Waals surface area contributed by atoms with Gasteiger partial charge in [-0.1, -0.05) is 60.7 Å². The number of hydrogen-bond acceptors (Lipinski definition) is 2. The molecule has 0 aliphatic heterocycles. The number of nitrogens with two attached hydrogens (primary N) is 1. The fourth-order valence-electron chi connectivity index (χ4n) is 2.02. The van der Waals surface area contributed by atoms with E-state index >= 15 is 0 Å². The van der Waals surface area contributed by atoms with Gasteiger partial charge in [-0.2, -0.15) is 0 Å². The predicted octanol–water partition coefficient (Wildman–Crippen LogP) is 1.69. The van der Waals surface area contributed by atoms with E-state index in [9.17, 15) is 9.00 Å². The van der Waals surface area contributed by atoms with Crippen molar-refractivity contribution in [2.75, 3.05) is 0 Å². The Kier molecular flexibility index (Phi) is 4.26. The summed E-state index contributed by atoms with van der Waals surface area (Å²) in [4.78, 5) is 11.6. The first-order chi connectivity index (χ1) is 9.24. The summed E-state index contributed by atoms with van der Waals surface area (Å²) in [6, 6.07) is 18.8. The van der Waals surface area contributed by atoms with Crippen molar-refractivity contribution in [3.8, 4) is 0 Å². The Labute approximate surface area is 115 Å². The number of benzene rings is 2. The predicted molar refractivity (Wildman–Crippen MR) is 77.1 cm³/mol. The van der Waals surface area contributed by atoms with E-state index in [1.165, 1.54) is 0 Å². The van der Waals surface area contributed by atoms with Crippen molar-refractivity contribution in [1.82, 2.24) is 0 Å². The molecule has 4 heteroatoms. The molecular weight excluding hydrogens is 258 g/mol. The maximum Gasteiger partial charge on any atom is 0.258 e. The van der Waals surface area contributed by atoms with Crippen LogP contribution in [0, 0.1) is 0 Å². The van der Waals surface area contributed by atoms with Crippen LogP contribution in [0.15, 0.2) is 60.7 Å². The highest BCUT2D eigenvalue weighted by molar-refractivity contribution is 7.68. The van der Waals surface area contributed by atoms with E-state index in [2.05, 4.69) is 0 Å². The third kappa shape index (κ3) is 2.98. The number of rotatable bonds is 4. The lowest BCUT2D eigenvalue weighted by Gasteiger charge is -2.16. The molecule has 1 amide bonds. The minimum atomic E-state index is -0.669. The largest absolute Gasteiger partial charge is 0.365 e. The molecule has 0 saturated heterocycles. The molecule has 0 aliphatic rings. The molecule has 0 aromatic heterocycles. The van der Waals surface area contributed by atoms with Gasteiger partial charge in [0.2, 0.25) is 0 Å². The molecule has 2 N–H and O–H groups in total. The molecule has 2 aromatic rings. The van der Waals surface area contributed by atoms with E-state index in [-0.39, 0.29) is 16.1 Å². The Morgan fingerprint density at radius 2 is 1.32 bits per heavy atom. The quantitative estimate of drug-likeness (QED) is 0.860. The Bertz CT molecular complexity index is 580. The van der Waals surface area contributed by atoms with Crippen LogP contribution in [0.3, 0.4) is 0 Å². The van der Waals surface area contributed by atoms with Crippen LogP contribution < -0.4 is 5.73 Å². The van der Waals surface area contributed by atoms with Crippen LogP contribution >= 0.6 is 0 Å². The van der Waals surface area contributed by atoms with E-state index in [0.717, 1.165) is 11.1 Å². The number of carbonyl (C=O) groups is 1. The minimum Gasteiger partial charge on any atom is -0.365 e. The van der Waals surface area contributed by atoms with Gasteiger partial charge in [0.15, 0.2) is 0 Å². The highest BCUT2D eigenvalue weighted by atomic mass is 32.1. The monoisotopic (exact) mass is 271 g/mol. The standard InChI is InChI=1S/C15H13NO2S/c16-15(17)14(19-18)13(11-7-3-1-4-8-11)12-9-5-2-6-10-12/h1-10,13H,(H2,16,17). The summed E-state index contributed by atoms with van der Waals surface area (Å²) >= 11 is 0.168. The fourth-order valence-corrected chi connectivity index (χ4v) is 2.47. The van der Waals surface area contributed by atoms with Crippen molar-refractivity contribution in [1.29, 1.82) is 0 Å². The van der Waals surface area contributed by atoms with Gasteiger partial charge in [0, 0.05) is 0 Å². The maximum atomic E-state index is 11.5. The molecule has 0 spiro atoms. The average Bonchev–Trinajstić information content (AvgIpc) is 2.46. The molecule has 0 unspecified atom stereocenters. The van der Waals surface area contributed by atoms with Gasteiger partial charge in [0.25, 0.3) is 5.91 Å². The maximum absolute atomic E-state index is 11.5. The molecule has 2 aromatic carbocycles. The average molecular weight is 271 g/mol. The minimum absolute atomic E-state index is 0.109. The molecule has 0 saturated carbocycles. The van der Waals surface area contributed by atoms with Gasteiger partial charge in [-0.25, -0.2) is 4.21 Å². The molecule has 96 valence electrons. The summed E-state index contributed by atoms with van der Waals surface area (Å²) < 4.78 is 11.2. The van der Waals surface area contributed by atoms with Crippen molar-refractivity contribution >= 4 is 22.0 Å². The molecule has 3 nitrogen and oxygen atoms in total.